The Hall–Kier alpha value is -1.09. The van der Waals surface area contributed by atoms with Crippen molar-refractivity contribution in [1.29, 1.82) is 0 Å². The first kappa shape index (κ1) is 17.3. The third kappa shape index (κ3) is 3.81. The van der Waals surface area contributed by atoms with Crippen molar-refractivity contribution in [1.82, 2.24) is 4.72 Å². The zero-order chi connectivity index (χ0) is 16.5. The van der Waals surface area contributed by atoms with E-state index >= 15 is 0 Å². The van der Waals surface area contributed by atoms with Gasteiger partial charge in [0.05, 0.1) is 21.5 Å². The SMILES string of the molecule is C[C@@H](NS(=O)(=O)c1ccc(Cl)c(C(F)(F)F)c1)c1cccs1. The molecular formula is C13H11ClF3NO2S2. The largest absolute Gasteiger partial charge is 0.417 e. The molecule has 0 aliphatic heterocycles. The highest BCUT2D eigenvalue weighted by Crippen LogP contribution is 2.36. The molecule has 2 aromatic rings. The van der Waals surface area contributed by atoms with Crippen molar-refractivity contribution in [2.45, 2.75) is 24.0 Å². The maximum atomic E-state index is 12.8. The standard InChI is InChI=1S/C13H11ClF3NO2S2/c1-8(12-3-2-6-21-12)18-22(19,20)9-4-5-11(14)10(7-9)13(15,16)17/h2-8,18H,1H3/t8-/m1/s1. The number of alkyl halides is 3. The Morgan fingerprint density at radius 2 is 1.95 bits per heavy atom. The van der Waals surface area contributed by atoms with E-state index in [0.717, 1.165) is 17.0 Å². The summed E-state index contributed by atoms with van der Waals surface area (Å²) in [6, 6.07) is 5.45. The second-order valence-corrected chi connectivity index (χ2v) is 7.60. The van der Waals surface area contributed by atoms with Crippen molar-refractivity contribution in [3.8, 4) is 0 Å². The smallest absolute Gasteiger partial charge is 0.207 e. The highest BCUT2D eigenvalue weighted by molar-refractivity contribution is 7.89. The normalized spacial score (nSPS) is 14.0. The predicted molar refractivity (Wildman–Crippen MR) is 79.5 cm³/mol. The van der Waals surface area contributed by atoms with Gasteiger partial charge in [0.25, 0.3) is 0 Å². The van der Waals surface area contributed by atoms with Crippen LogP contribution in [0.25, 0.3) is 0 Å². The molecule has 1 heterocycles. The molecule has 1 atom stereocenters. The van der Waals surface area contributed by atoms with Crippen molar-refractivity contribution in [2.75, 3.05) is 0 Å². The molecule has 22 heavy (non-hydrogen) atoms. The van der Waals surface area contributed by atoms with Crippen LogP contribution in [-0.4, -0.2) is 8.42 Å². The fourth-order valence-electron chi connectivity index (χ4n) is 1.79. The van der Waals surface area contributed by atoms with Crippen molar-refractivity contribution in [2.24, 2.45) is 0 Å². The van der Waals surface area contributed by atoms with Gasteiger partial charge in [-0.2, -0.15) is 13.2 Å². The van der Waals surface area contributed by atoms with E-state index < -0.39 is 37.7 Å². The van der Waals surface area contributed by atoms with Gasteiger partial charge in [-0.05, 0) is 36.6 Å². The van der Waals surface area contributed by atoms with Crippen molar-refractivity contribution in [3.63, 3.8) is 0 Å². The van der Waals surface area contributed by atoms with Gasteiger partial charge in [0.15, 0.2) is 0 Å². The maximum Gasteiger partial charge on any atom is 0.417 e. The number of thiophene rings is 1. The Balaban J connectivity index is 2.34. The minimum absolute atomic E-state index is 0.479. The van der Waals surface area contributed by atoms with E-state index in [9.17, 15) is 21.6 Å². The Labute approximate surface area is 134 Å². The minimum Gasteiger partial charge on any atom is -0.207 e. The van der Waals surface area contributed by atoms with Crippen molar-refractivity contribution >= 4 is 33.0 Å². The molecule has 0 bridgehead atoms. The second kappa shape index (κ2) is 6.19. The summed E-state index contributed by atoms with van der Waals surface area (Å²) in [7, 11) is -4.09. The van der Waals surface area contributed by atoms with E-state index in [0.29, 0.717) is 6.07 Å². The van der Waals surface area contributed by atoms with E-state index in [1.165, 1.54) is 11.3 Å². The van der Waals surface area contributed by atoms with E-state index in [2.05, 4.69) is 4.72 Å². The summed E-state index contributed by atoms with van der Waals surface area (Å²) >= 11 is 6.83. The van der Waals surface area contributed by atoms with Gasteiger partial charge >= 0.3 is 6.18 Å². The number of hydrogen-bond donors (Lipinski definition) is 1. The van der Waals surface area contributed by atoms with Crippen LogP contribution in [0.5, 0.6) is 0 Å². The van der Waals surface area contributed by atoms with Crippen molar-refractivity contribution < 1.29 is 21.6 Å². The molecule has 0 spiro atoms. The summed E-state index contributed by atoms with van der Waals surface area (Å²) in [6.45, 7) is 1.62. The van der Waals surface area contributed by atoms with E-state index in [4.69, 9.17) is 11.6 Å². The van der Waals surface area contributed by atoms with Crippen molar-refractivity contribution in [3.05, 3.63) is 51.2 Å². The molecule has 2 rings (SSSR count). The van der Waals surface area contributed by atoms with Gasteiger partial charge in [-0.15, -0.1) is 11.3 Å². The van der Waals surface area contributed by atoms with Gasteiger partial charge in [0, 0.05) is 4.88 Å². The average molecular weight is 370 g/mol. The van der Waals surface area contributed by atoms with Crippen LogP contribution in [0.3, 0.4) is 0 Å². The Kier molecular flexibility index (Phi) is 4.86. The zero-order valence-corrected chi connectivity index (χ0v) is 13.6. The monoisotopic (exact) mass is 369 g/mol. The molecule has 0 aliphatic carbocycles. The minimum atomic E-state index is -4.72. The van der Waals surface area contributed by atoms with E-state index in [-0.39, 0.29) is 0 Å². The lowest BCUT2D eigenvalue weighted by Gasteiger charge is -2.15. The number of hydrogen-bond acceptors (Lipinski definition) is 3. The maximum absolute atomic E-state index is 12.8. The average Bonchev–Trinajstić information content (AvgIpc) is 2.90. The summed E-state index contributed by atoms with van der Waals surface area (Å²) in [5.41, 5.74) is -1.18. The van der Waals surface area contributed by atoms with Gasteiger partial charge in [-0.3, -0.25) is 0 Å². The number of halogens is 4. The molecule has 0 amide bonds. The Bertz CT molecular complexity index is 758. The number of benzene rings is 1. The van der Waals surface area contributed by atoms with Gasteiger partial charge in [0.2, 0.25) is 10.0 Å². The summed E-state index contributed by atoms with van der Waals surface area (Å²) in [5, 5.41) is 1.24. The fourth-order valence-corrected chi connectivity index (χ4v) is 4.07. The molecule has 3 nitrogen and oxygen atoms in total. The van der Waals surface area contributed by atoms with Crippen LogP contribution in [0.4, 0.5) is 13.2 Å². The van der Waals surface area contributed by atoms with Gasteiger partial charge in [0.1, 0.15) is 0 Å². The predicted octanol–water partition coefficient (Wildman–Crippen LogP) is 4.46. The molecule has 120 valence electrons. The third-order valence-corrected chi connectivity index (χ3v) is 5.78. The lowest BCUT2D eigenvalue weighted by Crippen LogP contribution is -2.26. The molecule has 0 aliphatic rings. The van der Waals surface area contributed by atoms with Gasteiger partial charge in [-0.25, -0.2) is 13.1 Å². The van der Waals surface area contributed by atoms with Crippen LogP contribution in [0, 0.1) is 0 Å². The molecule has 9 heteroatoms. The lowest BCUT2D eigenvalue weighted by atomic mass is 10.2. The molecule has 1 N–H and O–H groups in total. The molecular weight excluding hydrogens is 359 g/mol. The number of nitrogens with one attached hydrogen (secondary N) is 1. The zero-order valence-electron chi connectivity index (χ0n) is 11.2. The van der Waals surface area contributed by atoms with Crippen LogP contribution < -0.4 is 4.72 Å². The summed E-state index contributed by atoms with van der Waals surface area (Å²) < 4.78 is 65.2. The Morgan fingerprint density at radius 1 is 1.27 bits per heavy atom. The van der Waals surface area contributed by atoms with Gasteiger partial charge in [-0.1, -0.05) is 17.7 Å². The first-order valence-electron chi connectivity index (χ1n) is 6.04. The molecule has 0 fully saturated rings. The highest BCUT2D eigenvalue weighted by atomic mass is 35.5. The molecule has 0 radical (unpaired) electrons. The van der Waals surface area contributed by atoms with E-state index in [1.54, 1.807) is 24.4 Å². The number of sulfonamides is 1. The van der Waals surface area contributed by atoms with Crippen LogP contribution in [0.15, 0.2) is 40.6 Å². The van der Waals surface area contributed by atoms with Crippen LogP contribution in [-0.2, 0) is 16.2 Å². The molecule has 0 saturated heterocycles. The first-order chi connectivity index (χ1) is 10.1. The topological polar surface area (TPSA) is 46.2 Å². The quantitative estimate of drug-likeness (QED) is 0.864. The fraction of sp³-hybridized carbons (Fsp3) is 0.231. The third-order valence-electron chi connectivity index (χ3n) is 2.86. The summed E-state index contributed by atoms with van der Waals surface area (Å²) in [6.07, 6.45) is -4.72. The molecule has 1 aromatic carbocycles. The Morgan fingerprint density at radius 3 is 2.50 bits per heavy atom. The summed E-state index contributed by atoms with van der Waals surface area (Å²) in [4.78, 5) is 0.279. The van der Waals surface area contributed by atoms with Crippen LogP contribution in [0.2, 0.25) is 5.02 Å². The molecule has 1 aromatic heterocycles. The number of rotatable bonds is 4. The first-order valence-corrected chi connectivity index (χ1v) is 8.78. The molecule has 0 saturated carbocycles. The highest BCUT2D eigenvalue weighted by Gasteiger charge is 2.34. The second-order valence-electron chi connectivity index (χ2n) is 4.50. The summed E-state index contributed by atoms with van der Waals surface area (Å²) in [5.74, 6) is 0. The lowest BCUT2D eigenvalue weighted by molar-refractivity contribution is -0.137. The van der Waals surface area contributed by atoms with Gasteiger partial charge < -0.3 is 0 Å². The van der Waals surface area contributed by atoms with Crippen LogP contribution in [0.1, 0.15) is 23.4 Å². The molecule has 0 unspecified atom stereocenters. The van der Waals surface area contributed by atoms with Crippen LogP contribution >= 0.6 is 22.9 Å². The van der Waals surface area contributed by atoms with E-state index in [1.807, 2.05) is 0 Å².